The smallest absolute Gasteiger partial charge is 0.338 e. The number of methoxy groups -OCH3 is 1. The number of urea groups is 1. The minimum absolute atomic E-state index is 0.352. The number of esters is 1. The van der Waals surface area contributed by atoms with Crippen LogP contribution in [0.1, 0.15) is 38.3 Å². The molecule has 6 nitrogen and oxygen atoms in total. The van der Waals surface area contributed by atoms with Crippen molar-refractivity contribution in [3.63, 3.8) is 0 Å². The summed E-state index contributed by atoms with van der Waals surface area (Å²) in [6, 6.07) is 4.49. The van der Waals surface area contributed by atoms with Crippen LogP contribution in [-0.2, 0) is 9.53 Å². The summed E-state index contributed by atoms with van der Waals surface area (Å²) in [6.45, 7) is 4.08. The fraction of sp³-hybridized carbons (Fsp3) is 0.412. The van der Waals surface area contributed by atoms with Crippen LogP contribution in [0.3, 0.4) is 0 Å². The minimum Gasteiger partial charge on any atom is -0.496 e. The lowest BCUT2D eigenvalue weighted by Gasteiger charge is -2.28. The lowest BCUT2D eigenvalue weighted by molar-refractivity contribution is -0.139. The molecule has 0 radical (unpaired) electrons. The molecule has 2 rings (SSSR count). The molecule has 1 heterocycles. The monoisotopic (exact) mass is 396 g/mol. The number of hydrogen-bond donors (Lipinski definition) is 2. The molecule has 0 saturated heterocycles. The summed E-state index contributed by atoms with van der Waals surface area (Å²) in [7, 11) is 1.58. The Morgan fingerprint density at radius 3 is 2.75 bits per heavy atom. The van der Waals surface area contributed by atoms with Gasteiger partial charge in [-0.25, -0.2) is 9.59 Å². The number of ether oxygens (including phenoxy) is 2. The number of benzene rings is 1. The van der Waals surface area contributed by atoms with E-state index in [1.807, 2.05) is 19.1 Å². The normalized spacial score (nSPS) is 17.2. The van der Waals surface area contributed by atoms with Gasteiger partial charge in [0.2, 0.25) is 0 Å². The fourth-order valence-electron chi connectivity index (χ4n) is 2.46. The second-order valence-corrected chi connectivity index (χ2v) is 6.31. The van der Waals surface area contributed by atoms with Crippen LogP contribution in [0.15, 0.2) is 33.9 Å². The predicted octanol–water partition coefficient (Wildman–Crippen LogP) is 3.43. The van der Waals surface area contributed by atoms with E-state index < -0.39 is 12.0 Å². The van der Waals surface area contributed by atoms with E-state index in [1.54, 1.807) is 20.1 Å². The van der Waals surface area contributed by atoms with Crippen LogP contribution in [0.4, 0.5) is 4.79 Å². The molecule has 130 valence electrons. The van der Waals surface area contributed by atoms with Crippen molar-refractivity contribution < 1.29 is 19.1 Å². The number of carbonyl (C=O) groups is 2. The molecule has 1 aliphatic rings. The molecule has 0 aromatic heterocycles. The molecule has 0 spiro atoms. The van der Waals surface area contributed by atoms with Gasteiger partial charge in [0.05, 0.1) is 29.8 Å². The van der Waals surface area contributed by atoms with E-state index in [0.29, 0.717) is 23.6 Å². The first-order valence-corrected chi connectivity index (χ1v) is 8.56. The Morgan fingerprint density at radius 2 is 2.12 bits per heavy atom. The molecule has 0 bridgehead atoms. The van der Waals surface area contributed by atoms with Gasteiger partial charge >= 0.3 is 12.0 Å². The molecule has 7 heteroatoms. The Bertz CT molecular complexity index is 673. The highest BCUT2D eigenvalue weighted by atomic mass is 79.9. The number of halogens is 1. The molecule has 1 aromatic carbocycles. The number of allylic oxidation sites excluding steroid dienone is 1. The van der Waals surface area contributed by atoms with E-state index in [1.165, 1.54) is 0 Å². The third kappa shape index (κ3) is 4.08. The number of amides is 2. The third-order valence-electron chi connectivity index (χ3n) is 3.73. The van der Waals surface area contributed by atoms with Crippen molar-refractivity contribution >= 4 is 27.9 Å². The van der Waals surface area contributed by atoms with E-state index in [4.69, 9.17) is 9.47 Å². The summed E-state index contributed by atoms with van der Waals surface area (Å²) in [4.78, 5) is 24.3. The maximum absolute atomic E-state index is 12.5. The van der Waals surface area contributed by atoms with Crippen molar-refractivity contribution in [2.75, 3.05) is 13.7 Å². The molecule has 1 atom stereocenters. The van der Waals surface area contributed by atoms with E-state index in [9.17, 15) is 9.59 Å². The second kappa shape index (κ2) is 8.19. The molecular formula is C17H21BrN2O4. The van der Waals surface area contributed by atoms with Gasteiger partial charge in [-0.15, -0.1) is 0 Å². The lowest BCUT2D eigenvalue weighted by Crippen LogP contribution is -2.45. The zero-order chi connectivity index (χ0) is 17.7. The summed E-state index contributed by atoms with van der Waals surface area (Å²) in [5.41, 5.74) is 1.67. The molecule has 2 N–H and O–H groups in total. The topological polar surface area (TPSA) is 76.7 Å². The highest BCUT2D eigenvalue weighted by Gasteiger charge is 2.32. The van der Waals surface area contributed by atoms with Crippen LogP contribution >= 0.6 is 15.9 Å². The quantitative estimate of drug-likeness (QED) is 0.570. The molecule has 1 aliphatic heterocycles. The van der Waals surface area contributed by atoms with Crippen LogP contribution in [0, 0.1) is 0 Å². The highest BCUT2D eigenvalue weighted by Crippen LogP contribution is 2.33. The van der Waals surface area contributed by atoms with Gasteiger partial charge in [0.1, 0.15) is 5.75 Å². The van der Waals surface area contributed by atoms with Crippen LogP contribution in [0.2, 0.25) is 0 Å². The number of unbranched alkanes of at least 4 members (excludes halogenated alkanes) is 1. The Hall–Kier alpha value is -2.02. The van der Waals surface area contributed by atoms with Crippen LogP contribution in [0.25, 0.3) is 0 Å². The fourth-order valence-corrected chi connectivity index (χ4v) is 3.02. The third-order valence-corrected chi connectivity index (χ3v) is 4.35. The second-order valence-electron chi connectivity index (χ2n) is 5.45. The van der Waals surface area contributed by atoms with Gasteiger partial charge in [0.25, 0.3) is 0 Å². The summed E-state index contributed by atoms with van der Waals surface area (Å²) in [5, 5.41) is 5.41. The Balaban J connectivity index is 2.34. The summed E-state index contributed by atoms with van der Waals surface area (Å²) < 4.78 is 11.3. The van der Waals surface area contributed by atoms with Gasteiger partial charge in [-0.2, -0.15) is 0 Å². The number of carbonyl (C=O) groups excluding carboxylic acids is 2. The zero-order valence-corrected chi connectivity index (χ0v) is 15.5. The first-order valence-electron chi connectivity index (χ1n) is 7.76. The van der Waals surface area contributed by atoms with Crippen molar-refractivity contribution in [1.82, 2.24) is 10.6 Å². The van der Waals surface area contributed by atoms with E-state index in [0.717, 1.165) is 22.9 Å². The van der Waals surface area contributed by atoms with Gasteiger partial charge in [-0.05, 0) is 47.0 Å². The van der Waals surface area contributed by atoms with Crippen molar-refractivity contribution in [3.8, 4) is 5.75 Å². The van der Waals surface area contributed by atoms with Gasteiger partial charge in [0, 0.05) is 5.70 Å². The molecule has 0 fully saturated rings. The lowest BCUT2D eigenvalue weighted by atomic mass is 9.95. The van der Waals surface area contributed by atoms with Gasteiger partial charge < -0.3 is 20.1 Å². The molecular weight excluding hydrogens is 376 g/mol. The maximum Gasteiger partial charge on any atom is 0.338 e. The molecule has 24 heavy (non-hydrogen) atoms. The summed E-state index contributed by atoms with van der Waals surface area (Å²) >= 11 is 3.43. The Kier molecular flexibility index (Phi) is 6.25. The molecule has 0 saturated carbocycles. The van der Waals surface area contributed by atoms with Gasteiger partial charge in [-0.3, -0.25) is 0 Å². The molecule has 1 aromatic rings. The minimum atomic E-state index is -0.574. The van der Waals surface area contributed by atoms with Crippen molar-refractivity contribution in [3.05, 3.63) is 39.5 Å². The van der Waals surface area contributed by atoms with Crippen molar-refractivity contribution in [2.45, 2.75) is 32.7 Å². The average Bonchev–Trinajstić information content (AvgIpc) is 2.54. The van der Waals surface area contributed by atoms with E-state index >= 15 is 0 Å². The summed E-state index contributed by atoms with van der Waals surface area (Å²) in [6.07, 6.45) is 1.74. The van der Waals surface area contributed by atoms with Crippen molar-refractivity contribution in [2.24, 2.45) is 0 Å². The van der Waals surface area contributed by atoms with Crippen LogP contribution in [0.5, 0.6) is 5.75 Å². The maximum atomic E-state index is 12.5. The van der Waals surface area contributed by atoms with Gasteiger partial charge in [0.15, 0.2) is 0 Å². The SMILES string of the molecule is CCCCOC(=O)C1=C(C)NC(=O)N[C@H]1c1ccc(OC)c(Br)c1. The largest absolute Gasteiger partial charge is 0.496 e. The predicted molar refractivity (Wildman–Crippen MR) is 93.7 cm³/mol. The van der Waals surface area contributed by atoms with Gasteiger partial charge in [-0.1, -0.05) is 19.4 Å². The van der Waals surface area contributed by atoms with Crippen molar-refractivity contribution in [1.29, 1.82) is 0 Å². The number of nitrogens with one attached hydrogen (secondary N) is 2. The number of rotatable bonds is 6. The zero-order valence-electron chi connectivity index (χ0n) is 13.9. The standard InChI is InChI=1S/C17H21BrN2O4/c1-4-5-8-24-16(21)14-10(2)19-17(22)20-15(14)11-6-7-13(23-3)12(18)9-11/h6-7,9,15H,4-5,8H2,1-3H3,(H2,19,20,22)/t15-/m0/s1. The van der Waals surface area contributed by atoms with Crippen LogP contribution < -0.4 is 15.4 Å². The number of hydrogen-bond acceptors (Lipinski definition) is 4. The average molecular weight is 397 g/mol. The molecule has 0 unspecified atom stereocenters. The molecule has 2 amide bonds. The first-order chi connectivity index (χ1) is 11.5. The Morgan fingerprint density at radius 1 is 1.38 bits per heavy atom. The Labute approximate surface area is 149 Å². The van der Waals surface area contributed by atoms with E-state index in [-0.39, 0.29) is 6.03 Å². The van der Waals surface area contributed by atoms with E-state index in [2.05, 4.69) is 26.6 Å². The first kappa shape index (κ1) is 18.3. The highest BCUT2D eigenvalue weighted by molar-refractivity contribution is 9.10. The molecule has 0 aliphatic carbocycles. The summed E-state index contributed by atoms with van der Waals surface area (Å²) in [5.74, 6) is 0.247. The van der Waals surface area contributed by atoms with Crippen LogP contribution in [-0.4, -0.2) is 25.7 Å².